The normalized spacial score (nSPS) is 10.4. The van der Waals surface area contributed by atoms with Crippen LogP contribution in [0.25, 0.3) is 11.3 Å². The van der Waals surface area contributed by atoms with Gasteiger partial charge in [0, 0.05) is 10.6 Å². The Bertz CT molecular complexity index is 849. The maximum absolute atomic E-state index is 13.1. The Balaban J connectivity index is 2.06. The molecule has 108 valence electrons. The van der Waals surface area contributed by atoms with E-state index >= 15 is 0 Å². The molecule has 6 heteroatoms. The molecule has 2 aromatic carbocycles. The Labute approximate surface area is 131 Å². The van der Waals surface area contributed by atoms with Gasteiger partial charge in [-0.05, 0) is 35.9 Å². The second-order valence-corrected chi connectivity index (χ2v) is 5.06. The van der Waals surface area contributed by atoms with Crippen molar-refractivity contribution in [3.05, 3.63) is 70.6 Å². The first-order valence-corrected chi connectivity index (χ1v) is 6.90. The van der Waals surface area contributed by atoms with Crippen LogP contribution in [0.3, 0.4) is 0 Å². The molecule has 0 aliphatic rings. The van der Waals surface area contributed by atoms with Crippen LogP contribution in [-0.2, 0) is 6.54 Å². The van der Waals surface area contributed by atoms with E-state index < -0.39 is 0 Å². The third-order valence-corrected chi connectivity index (χ3v) is 3.61. The van der Waals surface area contributed by atoms with Crippen molar-refractivity contribution in [2.24, 2.45) is 0 Å². The van der Waals surface area contributed by atoms with Gasteiger partial charge in [0.15, 0.2) is 5.69 Å². The monoisotopic (exact) mass is 312 g/mol. The highest BCUT2D eigenvalue weighted by atomic mass is 35.5. The zero-order chi connectivity index (χ0) is 15.5. The molecule has 1 aromatic heterocycles. The summed E-state index contributed by atoms with van der Waals surface area (Å²) < 4.78 is 14.7. The molecule has 0 saturated carbocycles. The van der Waals surface area contributed by atoms with Crippen LogP contribution < -0.4 is 0 Å². The van der Waals surface area contributed by atoms with Crippen LogP contribution in [0.1, 0.15) is 11.3 Å². The van der Waals surface area contributed by atoms with E-state index in [1.807, 2.05) is 24.3 Å². The molecule has 0 atom stereocenters. The van der Waals surface area contributed by atoms with Crippen LogP contribution in [0.4, 0.5) is 4.39 Å². The molecule has 0 spiro atoms. The van der Waals surface area contributed by atoms with Crippen molar-refractivity contribution in [3.63, 3.8) is 0 Å². The van der Waals surface area contributed by atoms with Gasteiger partial charge >= 0.3 is 0 Å². The van der Waals surface area contributed by atoms with Crippen molar-refractivity contribution in [1.82, 2.24) is 15.0 Å². The van der Waals surface area contributed by atoms with Crippen LogP contribution in [0.5, 0.6) is 0 Å². The van der Waals surface area contributed by atoms with E-state index in [4.69, 9.17) is 11.6 Å². The summed E-state index contributed by atoms with van der Waals surface area (Å²) in [5.74, 6) is -0.340. The molecule has 3 aromatic rings. The van der Waals surface area contributed by atoms with Crippen molar-refractivity contribution in [3.8, 4) is 17.3 Å². The summed E-state index contributed by atoms with van der Waals surface area (Å²) in [5, 5.41) is 17.7. The number of halogens is 2. The average Bonchev–Trinajstić information content (AvgIpc) is 2.93. The Kier molecular flexibility index (Phi) is 3.86. The van der Waals surface area contributed by atoms with E-state index in [0.717, 1.165) is 5.56 Å². The molecule has 0 amide bonds. The minimum absolute atomic E-state index is 0.193. The van der Waals surface area contributed by atoms with Crippen LogP contribution in [0.2, 0.25) is 5.02 Å². The highest BCUT2D eigenvalue weighted by Gasteiger charge is 2.15. The summed E-state index contributed by atoms with van der Waals surface area (Å²) in [6.07, 6.45) is 0. The third-order valence-electron chi connectivity index (χ3n) is 3.24. The number of nitrogens with zero attached hydrogens (tertiary/aromatic N) is 4. The van der Waals surface area contributed by atoms with Crippen LogP contribution in [-0.4, -0.2) is 15.0 Å². The lowest BCUT2D eigenvalue weighted by Crippen LogP contribution is -2.05. The average molecular weight is 313 g/mol. The van der Waals surface area contributed by atoms with E-state index in [-0.39, 0.29) is 11.5 Å². The lowest BCUT2D eigenvalue weighted by molar-refractivity contribution is 0.627. The molecule has 0 fully saturated rings. The molecule has 0 radical (unpaired) electrons. The first-order valence-electron chi connectivity index (χ1n) is 6.52. The predicted octanol–water partition coefficient (Wildman–Crippen LogP) is 3.66. The van der Waals surface area contributed by atoms with Crippen molar-refractivity contribution < 1.29 is 4.39 Å². The Morgan fingerprint density at radius 1 is 1.14 bits per heavy atom. The molecule has 4 nitrogen and oxygen atoms in total. The summed E-state index contributed by atoms with van der Waals surface area (Å²) >= 11 is 6.16. The Morgan fingerprint density at radius 2 is 1.86 bits per heavy atom. The summed E-state index contributed by atoms with van der Waals surface area (Å²) in [7, 11) is 0. The van der Waals surface area contributed by atoms with Crippen molar-refractivity contribution in [2.75, 3.05) is 0 Å². The summed E-state index contributed by atoms with van der Waals surface area (Å²) in [4.78, 5) is 0. The van der Waals surface area contributed by atoms with E-state index in [1.165, 1.54) is 12.1 Å². The van der Waals surface area contributed by atoms with Gasteiger partial charge in [0.25, 0.3) is 0 Å². The van der Waals surface area contributed by atoms with E-state index in [2.05, 4.69) is 10.3 Å². The SMILES string of the molecule is N#Cc1nnn(Cc2ccccc2Cl)c1-c1ccc(F)cc1. The highest BCUT2D eigenvalue weighted by molar-refractivity contribution is 6.31. The van der Waals surface area contributed by atoms with Crippen molar-refractivity contribution in [1.29, 1.82) is 5.26 Å². The minimum Gasteiger partial charge on any atom is -0.239 e. The lowest BCUT2D eigenvalue weighted by atomic mass is 10.1. The molecular formula is C16H10ClFN4. The van der Waals surface area contributed by atoms with Gasteiger partial charge in [0.2, 0.25) is 0 Å². The Morgan fingerprint density at radius 3 is 2.55 bits per heavy atom. The number of rotatable bonds is 3. The third kappa shape index (κ3) is 2.69. The Hall–Kier alpha value is -2.71. The molecular weight excluding hydrogens is 303 g/mol. The van der Waals surface area contributed by atoms with Gasteiger partial charge in [-0.1, -0.05) is 35.0 Å². The van der Waals surface area contributed by atoms with Crippen LogP contribution >= 0.6 is 11.6 Å². The molecule has 0 unspecified atom stereocenters. The molecule has 3 rings (SSSR count). The first kappa shape index (κ1) is 14.2. The fourth-order valence-electron chi connectivity index (χ4n) is 2.18. The number of aromatic nitrogens is 3. The fraction of sp³-hybridized carbons (Fsp3) is 0.0625. The molecule has 0 saturated heterocycles. The molecule has 0 bridgehead atoms. The maximum Gasteiger partial charge on any atom is 0.190 e. The van der Waals surface area contributed by atoms with Crippen molar-refractivity contribution in [2.45, 2.75) is 6.54 Å². The summed E-state index contributed by atoms with van der Waals surface area (Å²) in [5.41, 5.74) is 2.28. The zero-order valence-corrected chi connectivity index (χ0v) is 12.1. The van der Waals surface area contributed by atoms with E-state index in [9.17, 15) is 9.65 Å². The molecule has 1 heterocycles. The van der Waals surface area contributed by atoms with Gasteiger partial charge in [0.05, 0.1) is 6.54 Å². The van der Waals surface area contributed by atoms with Gasteiger partial charge in [-0.15, -0.1) is 5.10 Å². The maximum atomic E-state index is 13.1. The van der Waals surface area contributed by atoms with E-state index in [0.29, 0.717) is 22.8 Å². The van der Waals surface area contributed by atoms with Gasteiger partial charge in [0.1, 0.15) is 17.6 Å². The van der Waals surface area contributed by atoms with Gasteiger partial charge in [-0.3, -0.25) is 0 Å². The summed E-state index contributed by atoms with van der Waals surface area (Å²) in [6, 6.07) is 15.3. The molecule has 22 heavy (non-hydrogen) atoms. The van der Waals surface area contributed by atoms with Gasteiger partial charge in [-0.2, -0.15) is 5.26 Å². The highest BCUT2D eigenvalue weighted by Crippen LogP contribution is 2.24. The minimum atomic E-state index is -0.340. The zero-order valence-electron chi connectivity index (χ0n) is 11.4. The largest absolute Gasteiger partial charge is 0.239 e. The number of hydrogen-bond acceptors (Lipinski definition) is 3. The predicted molar refractivity (Wildman–Crippen MR) is 80.7 cm³/mol. The lowest BCUT2D eigenvalue weighted by Gasteiger charge is -2.08. The van der Waals surface area contributed by atoms with E-state index in [1.54, 1.807) is 22.9 Å². The first-order chi connectivity index (χ1) is 10.7. The fourth-order valence-corrected chi connectivity index (χ4v) is 2.38. The topological polar surface area (TPSA) is 54.5 Å². The smallest absolute Gasteiger partial charge is 0.190 e. The molecule has 0 aliphatic carbocycles. The van der Waals surface area contributed by atoms with Crippen LogP contribution in [0, 0.1) is 17.1 Å². The van der Waals surface area contributed by atoms with Gasteiger partial charge < -0.3 is 0 Å². The quantitative estimate of drug-likeness (QED) is 0.741. The number of benzene rings is 2. The molecule has 0 aliphatic heterocycles. The van der Waals surface area contributed by atoms with Crippen molar-refractivity contribution >= 4 is 11.6 Å². The van der Waals surface area contributed by atoms with Gasteiger partial charge in [-0.25, -0.2) is 9.07 Å². The standard InChI is InChI=1S/C16H10ClFN4/c17-14-4-2-1-3-12(14)10-22-16(15(9-19)20-21-22)11-5-7-13(18)8-6-11/h1-8H,10H2. The van der Waals surface area contributed by atoms with Crippen LogP contribution in [0.15, 0.2) is 48.5 Å². The second-order valence-electron chi connectivity index (χ2n) is 4.65. The molecule has 0 N–H and O–H groups in total. The second kappa shape index (κ2) is 5.96. The number of hydrogen-bond donors (Lipinski definition) is 0. The summed E-state index contributed by atoms with van der Waals surface area (Å²) in [6.45, 7) is 0.376. The number of nitriles is 1.